The third-order valence-electron chi connectivity index (χ3n) is 3.95. The Kier molecular flexibility index (Phi) is 2.51. The molecule has 4 unspecified atom stereocenters. The molecule has 1 aliphatic heterocycles. The smallest absolute Gasteiger partial charge is 0.357 e. The molecule has 0 bridgehead atoms. The quantitative estimate of drug-likeness (QED) is 0.396. The van der Waals surface area contributed by atoms with E-state index in [0.29, 0.717) is 11.8 Å². The number of esters is 1. The van der Waals surface area contributed by atoms with Gasteiger partial charge in [0, 0.05) is 0 Å². The highest BCUT2D eigenvalue weighted by Crippen LogP contribution is 2.61. The minimum absolute atomic E-state index is 0.451. The topological polar surface area (TPSA) is 38.8 Å². The minimum atomic E-state index is -1.20. The molecule has 1 heterocycles. The fourth-order valence-electron chi connectivity index (χ4n) is 2.56. The monoisotopic (exact) mass is 232 g/mol. The SMILES string of the molecule is COC(=O)C1(Cl)OC12CCC(C)C(C)C2. The Labute approximate surface area is 95.1 Å². The summed E-state index contributed by atoms with van der Waals surface area (Å²) in [5.74, 6) is 0.772. The van der Waals surface area contributed by atoms with E-state index >= 15 is 0 Å². The van der Waals surface area contributed by atoms with E-state index in [4.69, 9.17) is 16.3 Å². The van der Waals surface area contributed by atoms with Crippen LogP contribution in [0.3, 0.4) is 0 Å². The van der Waals surface area contributed by atoms with Crippen LogP contribution in [-0.4, -0.2) is 23.7 Å². The van der Waals surface area contributed by atoms with Crippen molar-refractivity contribution in [1.82, 2.24) is 0 Å². The van der Waals surface area contributed by atoms with Crippen LogP contribution in [0.1, 0.15) is 33.1 Å². The summed E-state index contributed by atoms with van der Waals surface area (Å²) in [5, 5.41) is -1.20. The number of ether oxygens (including phenoxy) is 2. The third-order valence-corrected chi connectivity index (χ3v) is 4.53. The van der Waals surface area contributed by atoms with Gasteiger partial charge in [-0.2, -0.15) is 0 Å². The lowest BCUT2D eigenvalue weighted by molar-refractivity contribution is -0.143. The number of halogens is 1. The van der Waals surface area contributed by atoms with Crippen LogP contribution < -0.4 is 0 Å². The van der Waals surface area contributed by atoms with Crippen LogP contribution in [-0.2, 0) is 14.3 Å². The van der Waals surface area contributed by atoms with Gasteiger partial charge in [-0.1, -0.05) is 25.4 Å². The van der Waals surface area contributed by atoms with Crippen LogP contribution in [0.5, 0.6) is 0 Å². The summed E-state index contributed by atoms with van der Waals surface area (Å²) in [6.45, 7) is 4.41. The molecule has 2 fully saturated rings. The van der Waals surface area contributed by atoms with Gasteiger partial charge in [0.2, 0.25) is 0 Å². The summed E-state index contributed by atoms with van der Waals surface area (Å²) >= 11 is 6.15. The lowest BCUT2D eigenvalue weighted by Gasteiger charge is -2.30. The molecular weight excluding hydrogens is 216 g/mol. The average Bonchev–Trinajstić information content (AvgIpc) is 2.78. The number of hydrogen-bond acceptors (Lipinski definition) is 3. The third kappa shape index (κ3) is 1.48. The van der Waals surface area contributed by atoms with E-state index in [2.05, 4.69) is 18.6 Å². The summed E-state index contributed by atoms with van der Waals surface area (Å²) in [4.78, 5) is 11.5. The highest BCUT2D eigenvalue weighted by Gasteiger charge is 2.75. The van der Waals surface area contributed by atoms with Gasteiger partial charge < -0.3 is 9.47 Å². The van der Waals surface area contributed by atoms with Crippen molar-refractivity contribution >= 4 is 17.6 Å². The molecule has 0 aromatic carbocycles. The predicted molar refractivity (Wildman–Crippen MR) is 56.6 cm³/mol. The Balaban J connectivity index is 2.10. The summed E-state index contributed by atoms with van der Waals surface area (Å²) in [6.07, 6.45) is 2.77. The Morgan fingerprint density at radius 1 is 1.47 bits per heavy atom. The van der Waals surface area contributed by atoms with Gasteiger partial charge >= 0.3 is 5.97 Å². The van der Waals surface area contributed by atoms with E-state index in [1.54, 1.807) is 0 Å². The first kappa shape index (κ1) is 11.2. The fraction of sp³-hybridized carbons (Fsp3) is 0.909. The maximum absolute atomic E-state index is 11.5. The zero-order valence-corrected chi connectivity index (χ0v) is 10.1. The molecule has 1 spiro atoms. The van der Waals surface area contributed by atoms with Gasteiger partial charge in [0.15, 0.2) is 0 Å². The molecule has 86 valence electrons. The second-order valence-electron chi connectivity index (χ2n) is 4.88. The van der Waals surface area contributed by atoms with E-state index in [0.717, 1.165) is 19.3 Å². The first-order valence-corrected chi connectivity index (χ1v) is 5.80. The number of alkyl halides is 1. The molecule has 0 N–H and O–H groups in total. The maximum atomic E-state index is 11.5. The van der Waals surface area contributed by atoms with Gasteiger partial charge in [-0.25, -0.2) is 4.79 Å². The molecular formula is C11H17ClO3. The van der Waals surface area contributed by atoms with Crippen molar-refractivity contribution < 1.29 is 14.3 Å². The molecule has 1 aliphatic carbocycles. The highest BCUT2D eigenvalue weighted by atomic mass is 35.5. The zero-order chi connectivity index (χ0) is 11.3. The molecule has 0 radical (unpaired) electrons. The van der Waals surface area contributed by atoms with Crippen molar-refractivity contribution in [1.29, 1.82) is 0 Å². The molecule has 15 heavy (non-hydrogen) atoms. The maximum Gasteiger partial charge on any atom is 0.357 e. The molecule has 0 aromatic rings. The van der Waals surface area contributed by atoms with Crippen LogP contribution >= 0.6 is 11.6 Å². The molecule has 0 amide bonds. The van der Waals surface area contributed by atoms with E-state index in [1.807, 2.05) is 0 Å². The number of methoxy groups -OCH3 is 1. The summed E-state index contributed by atoms with van der Waals surface area (Å²) in [7, 11) is 1.34. The molecule has 1 saturated carbocycles. The van der Waals surface area contributed by atoms with Crippen molar-refractivity contribution in [3.05, 3.63) is 0 Å². The number of carbonyl (C=O) groups excluding carboxylic acids is 1. The zero-order valence-electron chi connectivity index (χ0n) is 9.38. The summed E-state index contributed by atoms with van der Waals surface area (Å²) in [5.41, 5.74) is -0.451. The van der Waals surface area contributed by atoms with Gasteiger partial charge in [0.25, 0.3) is 5.06 Å². The molecule has 1 saturated heterocycles. The van der Waals surface area contributed by atoms with E-state index in [9.17, 15) is 4.79 Å². The summed E-state index contributed by atoms with van der Waals surface area (Å²) in [6, 6.07) is 0. The van der Waals surface area contributed by atoms with Gasteiger partial charge in [-0.3, -0.25) is 0 Å². The van der Waals surface area contributed by atoms with Crippen LogP contribution in [0.2, 0.25) is 0 Å². The van der Waals surface area contributed by atoms with E-state index in [1.165, 1.54) is 7.11 Å². The van der Waals surface area contributed by atoms with Gasteiger partial charge in [0.1, 0.15) is 5.60 Å². The number of epoxide rings is 1. The highest BCUT2D eigenvalue weighted by molar-refractivity contribution is 6.36. The van der Waals surface area contributed by atoms with Crippen LogP contribution in [0, 0.1) is 11.8 Å². The van der Waals surface area contributed by atoms with Crippen LogP contribution in [0.15, 0.2) is 0 Å². The van der Waals surface area contributed by atoms with Crippen LogP contribution in [0.25, 0.3) is 0 Å². The van der Waals surface area contributed by atoms with Crippen molar-refractivity contribution in [2.45, 2.75) is 43.8 Å². The lowest BCUT2D eigenvalue weighted by atomic mass is 9.74. The minimum Gasteiger partial charge on any atom is -0.466 e. The number of hydrogen-bond donors (Lipinski definition) is 0. The van der Waals surface area contributed by atoms with Gasteiger partial charge in [0.05, 0.1) is 7.11 Å². The van der Waals surface area contributed by atoms with Crippen molar-refractivity contribution in [2.24, 2.45) is 11.8 Å². The molecule has 0 aromatic heterocycles. The fourth-order valence-corrected chi connectivity index (χ4v) is 2.95. The van der Waals surface area contributed by atoms with Crippen molar-refractivity contribution in [3.63, 3.8) is 0 Å². The second-order valence-corrected chi connectivity index (χ2v) is 5.41. The molecule has 2 rings (SSSR count). The average molecular weight is 233 g/mol. The largest absolute Gasteiger partial charge is 0.466 e. The Morgan fingerprint density at radius 3 is 2.67 bits per heavy atom. The molecule has 4 atom stereocenters. The Morgan fingerprint density at radius 2 is 2.13 bits per heavy atom. The van der Waals surface area contributed by atoms with Gasteiger partial charge in [-0.15, -0.1) is 0 Å². The van der Waals surface area contributed by atoms with E-state index in [-0.39, 0.29) is 0 Å². The molecule has 2 aliphatic rings. The Hall–Kier alpha value is -0.280. The second kappa shape index (κ2) is 3.36. The lowest BCUT2D eigenvalue weighted by Crippen LogP contribution is -2.36. The van der Waals surface area contributed by atoms with Gasteiger partial charge in [-0.05, 0) is 31.1 Å². The standard InChI is InChI=1S/C11H17ClO3/c1-7-4-5-10(6-8(7)2)11(12,15-10)9(13)14-3/h7-8H,4-6H2,1-3H3. The number of carbonyl (C=O) groups is 1. The van der Waals surface area contributed by atoms with Crippen molar-refractivity contribution in [3.8, 4) is 0 Å². The molecule has 3 nitrogen and oxygen atoms in total. The van der Waals surface area contributed by atoms with E-state index < -0.39 is 16.6 Å². The molecule has 4 heteroatoms. The normalized spacial score (nSPS) is 49.1. The first-order valence-electron chi connectivity index (χ1n) is 5.43. The van der Waals surface area contributed by atoms with Crippen LogP contribution in [0.4, 0.5) is 0 Å². The first-order chi connectivity index (χ1) is 6.95. The predicted octanol–water partition coefficient (Wildman–Crippen LogP) is 2.32. The number of rotatable bonds is 1. The summed E-state index contributed by atoms with van der Waals surface area (Å²) < 4.78 is 10.2. The Bertz CT molecular complexity index is 294. The van der Waals surface area contributed by atoms with Crippen molar-refractivity contribution in [2.75, 3.05) is 7.11 Å².